The van der Waals surface area contributed by atoms with Crippen LogP contribution >= 0.6 is 0 Å². The number of carboxylic acid groups (broad SMARTS) is 1. The lowest BCUT2D eigenvalue weighted by molar-refractivity contribution is -0.137. The van der Waals surface area contributed by atoms with Crippen LogP contribution in [-0.4, -0.2) is 26.8 Å². The Morgan fingerprint density at radius 2 is 2.05 bits per heavy atom. The number of halogens is 2. The maximum Gasteiger partial charge on any atom is 0.325 e. The molecule has 0 bridgehead atoms. The number of nitrogens with zero attached hydrogens (tertiary/aromatic N) is 2. The Morgan fingerprint density at radius 3 is 2.71 bits per heavy atom. The van der Waals surface area contributed by atoms with Gasteiger partial charge in [0.15, 0.2) is 0 Å². The van der Waals surface area contributed by atoms with E-state index in [1.807, 2.05) is 0 Å². The molecule has 1 amide bonds. The van der Waals surface area contributed by atoms with E-state index in [2.05, 4.69) is 10.4 Å². The van der Waals surface area contributed by atoms with E-state index < -0.39 is 23.5 Å². The van der Waals surface area contributed by atoms with Crippen molar-refractivity contribution in [2.75, 3.05) is 5.32 Å². The summed E-state index contributed by atoms with van der Waals surface area (Å²) in [4.78, 5) is 22.4. The van der Waals surface area contributed by atoms with Gasteiger partial charge < -0.3 is 10.4 Å². The number of amides is 1. The second kappa shape index (κ2) is 5.70. The maximum atomic E-state index is 13.6. The van der Waals surface area contributed by atoms with Crippen LogP contribution in [0, 0.1) is 18.6 Å². The van der Waals surface area contributed by atoms with Crippen molar-refractivity contribution in [2.24, 2.45) is 0 Å². The average molecular weight is 295 g/mol. The van der Waals surface area contributed by atoms with Crippen molar-refractivity contribution in [1.82, 2.24) is 9.78 Å². The smallest absolute Gasteiger partial charge is 0.325 e. The highest BCUT2D eigenvalue weighted by atomic mass is 19.1. The third-order valence-electron chi connectivity index (χ3n) is 2.68. The summed E-state index contributed by atoms with van der Waals surface area (Å²) in [6.45, 7) is 1.05. The van der Waals surface area contributed by atoms with Crippen LogP contribution in [0.2, 0.25) is 0 Å². The summed E-state index contributed by atoms with van der Waals surface area (Å²) in [5.41, 5.74) is 0.0469. The molecule has 0 aliphatic carbocycles. The summed E-state index contributed by atoms with van der Waals surface area (Å²) in [7, 11) is 0. The molecule has 2 aromatic rings. The number of benzene rings is 1. The molecule has 0 spiro atoms. The minimum absolute atomic E-state index is 0.142. The van der Waals surface area contributed by atoms with E-state index in [4.69, 9.17) is 5.11 Å². The summed E-state index contributed by atoms with van der Waals surface area (Å²) >= 11 is 0. The Morgan fingerprint density at radius 1 is 1.33 bits per heavy atom. The molecule has 8 heteroatoms. The summed E-state index contributed by atoms with van der Waals surface area (Å²) < 4.78 is 27.8. The highest BCUT2D eigenvalue weighted by molar-refractivity contribution is 6.04. The van der Waals surface area contributed by atoms with Crippen LogP contribution in [0.3, 0.4) is 0 Å². The second-order valence-electron chi connectivity index (χ2n) is 4.36. The fourth-order valence-corrected chi connectivity index (χ4v) is 1.68. The topological polar surface area (TPSA) is 84.2 Å². The van der Waals surface area contributed by atoms with Crippen LogP contribution in [0.15, 0.2) is 24.5 Å². The van der Waals surface area contributed by atoms with Gasteiger partial charge in [-0.05, 0) is 18.6 Å². The molecule has 110 valence electrons. The molecule has 21 heavy (non-hydrogen) atoms. The van der Waals surface area contributed by atoms with Gasteiger partial charge in [0.05, 0.1) is 17.4 Å². The molecule has 6 nitrogen and oxygen atoms in total. The maximum absolute atomic E-state index is 13.6. The van der Waals surface area contributed by atoms with E-state index in [1.54, 1.807) is 0 Å². The Labute approximate surface area is 118 Å². The first-order valence-electron chi connectivity index (χ1n) is 5.88. The lowest BCUT2D eigenvalue weighted by Crippen LogP contribution is -2.14. The first-order valence-corrected chi connectivity index (χ1v) is 5.88. The van der Waals surface area contributed by atoms with Gasteiger partial charge in [-0.25, -0.2) is 8.78 Å². The van der Waals surface area contributed by atoms with Gasteiger partial charge in [0.1, 0.15) is 18.2 Å². The van der Waals surface area contributed by atoms with Crippen LogP contribution in [-0.2, 0) is 11.3 Å². The quantitative estimate of drug-likeness (QED) is 0.901. The van der Waals surface area contributed by atoms with Crippen molar-refractivity contribution in [2.45, 2.75) is 13.5 Å². The SMILES string of the molecule is Cc1cc(C(=O)Nc2cnn(CC(=O)O)c2)c(F)cc1F. The molecule has 0 atom stereocenters. The normalized spacial score (nSPS) is 10.4. The predicted octanol–water partition coefficient (Wildman–Crippen LogP) is 1.81. The number of carboxylic acids is 1. The van der Waals surface area contributed by atoms with Crippen LogP contribution in [0.5, 0.6) is 0 Å². The van der Waals surface area contributed by atoms with Crippen molar-refractivity contribution < 1.29 is 23.5 Å². The van der Waals surface area contributed by atoms with Crippen LogP contribution in [0.25, 0.3) is 0 Å². The first-order chi connectivity index (χ1) is 9.86. The second-order valence-corrected chi connectivity index (χ2v) is 4.36. The van der Waals surface area contributed by atoms with Gasteiger partial charge in [-0.3, -0.25) is 14.3 Å². The summed E-state index contributed by atoms with van der Waals surface area (Å²) in [6.07, 6.45) is 2.52. The summed E-state index contributed by atoms with van der Waals surface area (Å²) in [6, 6.07) is 1.74. The number of aliphatic carboxylic acids is 1. The number of aryl methyl sites for hydroxylation is 1. The van der Waals surface area contributed by atoms with E-state index in [-0.39, 0.29) is 23.4 Å². The van der Waals surface area contributed by atoms with E-state index >= 15 is 0 Å². The van der Waals surface area contributed by atoms with Crippen molar-refractivity contribution >= 4 is 17.6 Å². The van der Waals surface area contributed by atoms with Crippen molar-refractivity contribution in [3.05, 3.63) is 47.3 Å². The zero-order valence-corrected chi connectivity index (χ0v) is 10.9. The fraction of sp³-hybridized carbons (Fsp3) is 0.154. The van der Waals surface area contributed by atoms with Crippen molar-refractivity contribution in [1.29, 1.82) is 0 Å². The zero-order valence-electron chi connectivity index (χ0n) is 10.9. The molecule has 1 heterocycles. The molecule has 0 saturated heterocycles. The third-order valence-corrected chi connectivity index (χ3v) is 2.68. The minimum Gasteiger partial charge on any atom is -0.480 e. The number of nitrogens with one attached hydrogen (secondary N) is 1. The molecule has 2 N–H and O–H groups in total. The van der Waals surface area contributed by atoms with Gasteiger partial charge in [0.2, 0.25) is 0 Å². The third kappa shape index (κ3) is 3.41. The Kier molecular flexibility index (Phi) is 3.97. The molecule has 2 rings (SSSR count). The van der Waals surface area contributed by atoms with Gasteiger partial charge in [0, 0.05) is 12.3 Å². The largest absolute Gasteiger partial charge is 0.480 e. The van der Waals surface area contributed by atoms with E-state index in [9.17, 15) is 18.4 Å². The van der Waals surface area contributed by atoms with Gasteiger partial charge in [0.25, 0.3) is 5.91 Å². The van der Waals surface area contributed by atoms with Gasteiger partial charge in [-0.15, -0.1) is 0 Å². The van der Waals surface area contributed by atoms with Gasteiger partial charge >= 0.3 is 5.97 Å². The monoisotopic (exact) mass is 295 g/mol. The molecule has 0 unspecified atom stereocenters. The Bertz CT molecular complexity index is 713. The van der Waals surface area contributed by atoms with E-state index in [0.717, 1.165) is 10.7 Å². The number of aromatic nitrogens is 2. The fourth-order valence-electron chi connectivity index (χ4n) is 1.68. The van der Waals surface area contributed by atoms with Gasteiger partial charge in [-0.2, -0.15) is 5.10 Å². The molecule has 0 radical (unpaired) electrons. The summed E-state index contributed by atoms with van der Waals surface area (Å²) in [5.74, 6) is -3.58. The molecule has 1 aromatic carbocycles. The van der Waals surface area contributed by atoms with E-state index in [0.29, 0.717) is 6.07 Å². The van der Waals surface area contributed by atoms with Crippen molar-refractivity contribution in [3.63, 3.8) is 0 Å². The van der Waals surface area contributed by atoms with Crippen LogP contribution in [0.1, 0.15) is 15.9 Å². The molecule has 0 aliphatic rings. The van der Waals surface area contributed by atoms with E-state index in [1.165, 1.54) is 19.3 Å². The zero-order chi connectivity index (χ0) is 15.6. The number of anilines is 1. The minimum atomic E-state index is -1.09. The number of carbonyl (C=O) groups is 2. The number of carbonyl (C=O) groups excluding carboxylic acids is 1. The molecule has 0 saturated carbocycles. The molecular formula is C13H11F2N3O3. The highest BCUT2D eigenvalue weighted by Gasteiger charge is 2.15. The van der Waals surface area contributed by atoms with Crippen molar-refractivity contribution in [3.8, 4) is 0 Å². The highest BCUT2D eigenvalue weighted by Crippen LogP contribution is 2.16. The standard InChI is InChI=1S/C13H11F2N3O3/c1-7-2-9(11(15)3-10(7)14)13(21)17-8-4-16-18(5-8)6-12(19)20/h2-5H,6H2,1H3,(H,17,21)(H,19,20). The van der Waals surface area contributed by atoms with Crippen LogP contribution in [0.4, 0.5) is 14.5 Å². The predicted molar refractivity (Wildman–Crippen MR) is 68.9 cm³/mol. The lowest BCUT2D eigenvalue weighted by atomic mass is 10.1. The lowest BCUT2D eigenvalue weighted by Gasteiger charge is -2.05. The molecular weight excluding hydrogens is 284 g/mol. The Balaban J connectivity index is 2.16. The van der Waals surface area contributed by atoms with Crippen LogP contribution < -0.4 is 5.32 Å². The Hall–Kier alpha value is -2.77. The average Bonchev–Trinajstić information content (AvgIpc) is 2.80. The first kappa shape index (κ1) is 14.6. The molecule has 0 aliphatic heterocycles. The summed E-state index contributed by atoms with van der Waals surface area (Å²) in [5, 5.41) is 14.7. The van der Waals surface area contributed by atoms with Gasteiger partial charge in [-0.1, -0.05) is 0 Å². The number of hydrogen-bond acceptors (Lipinski definition) is 3. The molecule has 0 fully saturated rings. The molecule has 1 aromatic heterocycles. The number of hydrogen-bond donors (Lipinski definition) is 2. The number of rotatable bonds is 4.